The highest BCUT2D eigenvalue weighted by Crippen LogP contribution is 2.40. The van der Waals surface area contributed by atoms with Crippen LogP contribution in [0.3, 0.4) is 0 Å². The Hall–Kier alpha value is -9.82. The number of hydrogen-bond acceptors (Lipinski definition) is 19. The van der Waals surface area contributed by atoms with Crippen LogP contribution in [0.2, 0.25) is 0 Å². The topological polar surface area (TPSA) is 434 Å². The molecule has 0 saturated carbocycles. The van der Waals surface area contributed by atoms with Crippen LogP contribution in [0.4, 0.5) is 0 Å². The molecule has 29 nitrogen and oxygen atoms in total. The number of imide groups is 2. The number of Topliss-reactive ketones (excluding diaryl/α,β-unsaturated/α-hetero) is 4. The average molecular weight is 945 g/mol. The molecule has 67 heavy (non-hydrogen) atoms. The second kappa shape index (κ2) is 16.1. The highest BCUT2D eigenvalue weighted by atomic mass is 32.2. The molecule has 0 spiro atoms. The van der Waals surface area contributed by atoms with Crippen LogP contribution < -0.4 is 4.74 Å². The Morgan fingerprint density at radius 2 is 0.761 bits per heavy atom. The van der Waals surface area contributed by atoms with Crippen molar-refractivity contribution in [3.05, 3.63) is 170 Å². The molecular formula is C36H12N14O15S2. The van der Waals surface area contributed by atoms with Crippen molar-refractivity contribution in [1.82, 2.24) is 10.1 Å². The molecule has 0 unspecified atom stereocenters. The number of amides is 4. The summed E-state index contributed by atoms with van der Waals surface area (Å²) in [5, 5.41) is 12.3. The van der Waals surface area contributed by atoms with Crippen molar-refractivity contribution in [3.8, 4) is 11.5 Å². The van der Waals surface area contributed by atoms with Crippen molar-refractivity contribution in [2.24, 2.45) is 20.5 Å². The maximum Gasteiger partial charge on any atom is 0.318 e. The van der Waals surface area contributed by atoms with Gasteiger partial charge in [-0.1, -0.05) is 44.7 Å². The predicted octanol–water partition coefficient (Wildman–Crippen LogP) is 5.42. The molecule has 0 bridgehead atoms. The Bertz CT molecular complexity index is 3450. The lowest BCUT2D eigenvalue weighted by molar-refractivity contribution is -0.112. The minimum atomic E-state index is -5.36. The van der Waals surface area contributed by atoms with Gasteiger partial charge < -0.3 is 4.74 Å². The minimum absolute atomic E-state index is 0.164. The van der Waals surface area contributed by atoms with E-state index in [2.05, 4.69) is 40.1 Å². The molecule has 4 aromatic rings. The van der Waals surface area contributed by atoms with Gasteiger partial charge in [0, 0.05) is 41.9 Å². The molecule has 4 amide bonds. The molecule has 0 aromatic heterocycles. The molecule has 2 aliphatic carbocycles. The molecule has 31 heteroatoms. The third-order valence-corrected chi connectivity index (χ3v) is 12.1. The standard InChI is InChI=1S/C36H12N14O15S2/c37-45-41-25-23-17(29(51)31(53)27(25)43-47-39)3-1-5-21(23)66(59,60)64-49-33(55)15-9-7-13(11-19(15)35(49)57)63-14-8-10-16-20(12-14)36(58)50(34(16)56)65-67(61,62)22-6-2-4-18-24(22)26(42-46-38)28(44-48-40)32(54)30(18)52/h1-12H. The van der Waals surface area contributed by atoms with Gasteiger partial charge in [0.25, 0.3) is 23.6 Å². The largest absolute Gasteiger partial charge is 0.457 e. The Labute approximate surface area is 368 Å². The highest BCUT2D eigenvalue weighted by molar-refractivity contribution is 7.87. The summed E-state index contributed by atoms with van der Waals surface area (Å²) in [5.41, 5.74) is 27.8. The number of rotatable bonds is 12. The quantitative estimate of drug-likeness (QED) is 0.0562. The molecule has 2 heterocycles. The Balaban J connectivity index is 1.04. The summed E-state index contributed by atoms with van der Waals surface area (Å²) in [6, 6.07) is 11.8. The summed E-state index contributed by atoms with van der Waals surface area (Å²) in [4.78, 5) is 112. The number of allylic oxidation sites excluding steroid dienone is 2. The summed E-state index contributed by atoms with van der Waals surface area (Å²) in [5.74, 6) is -11.4. The number of ether oxygens (including phenoxy) is 1. The number of azide groups is 4. The van der Waals surface area contributed by atoms with E-state index in [1.54, 1.807) is 0 Å². The average Bonchev–Trinajstić information content (AvgIpc) is 3.67. The van der Waals surface area contributed by atoms with Gasteiger partial charge in [0.05, 0.1) is 45.0 Å². The molecule has 328 valence electrons. The van der Waals surface area contributed by atoms with Crippen molar-refractivity contribution < 1.29 is 68.5 Å². The van der Waals surface area contributed by atoms with Gasteiger partial charge in [-0.15, -0.1) is 18.7 Å². The van der Waals surface area contributed by atoms with Crippen LogP contribution >= 0.6 is 0 Å². The molecule has 0 fully saturated rings. The van der Waals surface area contributed by atoms with Crippen molar-refractivity contribution in [2.75, 3.05) is 0 Å². The lowest BCUT2D eigenvalue weighted by atomic mass is 9.91. The van der Waals surface area contributed by atoms with Crippen molar-refractivity contribution in [1.29, 1.82) is 0 Å². The van der Waals surface area contributed by atoms with Gasteiger partial charge in [-0.05, 0) is 70.7 Å². The zero-order valence-electron chi connectivity index (χ0n) is 32.1. The molecule has 0 radical (unpaired) electrons. The number of carbonyl (C=O) groups is 8. The molecule has 0 saturated heterocycles. The van der Waals surface area contributed by atoms with Gasteiger partial charge >= 0.3 is 20.2 Å². The van der Waals surface area contributed by atoms with Crippen LogP contribution in [0.5, 0.6) is 11.5 Å². The molecule has 4 aliphatic rings. The number of nitrogens with zero attached hydrogens (tertiary/aromatic N) is 14. The van der Waals surface area contributed by atoms with Crippen LogP contribution in [-0.4, -0.2) is 73.7 Å². The monoisotopic (exact) mass is 944 g/mol. The van der Waals surface area contributed by atoms with Crippen molar-refractivity contribution in [3.63, 3.8) is 0 Å². The van der Waals surface area contributed by atoms with Crippen LogP contribution in [0.25, 0.3) is 53.2 Å². The first-order chi connectivity index (χ1) is 31.9. The van der Waals surface area contributed by atoms with Crippen LogP contribution in [0.1, 0.15) is 73.3 Å². The van der Waals surface area contributed by atoms with Gasteiger partial charge in [0.2, 0.25) is 23.1 Å². The lowest BCUT2D eigenvalue weighted by Crippen LogP contribution is -2.33. The Morgan fingerprint density at radius 1 is 0.418 bits per heavy atom. The van der Waals surface area contributed by atoms with E-state index in [9.17, 15) is 55.2 Å². The summed E-state index contributed by atoms with van der Waals surface area (Å²) >= 11 is 0. The van der Waals surface area contributed by atoms with Gasteiger partial charge in [-0.2, -0.15) is 16.8 Å². The second-order valence-electron chi connectivity index (χ2n) is 13.2. The van der Waals surface area contributed by atoms with E-state index in [-0.39, 0.29) is 21.6 Å². The number of carbonyl (C=O) groups excluding carboxylic acids is 8. The van der Waals surface area contributed by atoms with E-state index >= 15 is 0 Å². The van der Waals surface area contributed by atoms with Crippen molar-refractivity contribution in [2.45, 2.75) is 9.79 Å². The highest BCUT2D eigenvalue weighted by Gasteiger charge is 2.45. The summed E-state index contributed by atoms with van der Waals surface area (Å²) in [7, 11) is -10.7. The van der Waals surface area contributed by atoms with E-state index in [0.29, 0.717) is 0 Å². The fraction of sp³-hybridized carbons (Fsp3) is 0. The summed E-state index contributed by atoms with van der Waals surface area (Å²) in [6.07, 6.45) is 0. The van der Waals surface area contributed by atoms with Gasteiger partial charge in [0.1, 0.15) is 21.3 Å². The second-order valence-corrected chi connectivity index (χ2v) is 16.2. The fourth-order valence-corrected chi connectivity index (χ4v) is 9.11. The molecule has 0 atom stereocenters. The van der Waals surface area contributed by atoms with Crippen LogP contribution in [0.15, 0.2) is 114 Å². The number of fused-ring (bicyclic) bond motifs is 4. The smallest absolute Gasteiger partial charge is 0.318 e. The summed E-state index contributed by atoms with van der Waals surface area (Å²) < 4.78 is 70.3. The molecule has 2 aliphatic heterocycles. The minimum Gasteiger partial charge on any atom is -0.457 e. The number of hydroxylamine groups is 4. The van der Waals surface area contributed by atoms with Gasteiger partial charge in [-0.25, -0.2) is 0 Å². The Kier molecular flexibility index (Phi) is 10.5. The predicted molar refractivity (Wildman–Crippen MR) is 212 cm³/mol. The zero-order valence-corrected chi connectivity index (χ0v) is 33.8. The zero-order chi connectivity index (χ0) is 48.3. The maximum absolute atomic E-state index is 13.7. The van der Waals surface area contributed by atoms with Gasteiger partial charge in [0.15, 0.2) is 0 Å². The van der Waals surface area contributed by atoms with E-state index in [0.717, 1.165) is 72.8 Å². The molecule has 8 rings (SSSR count). The van der Waals surface area contributed by atoms with E-state index in [1.807, 2.05) is 0 Å². The maximum atomic E-state index is 13.7. The van der Waals surface area contributed by atoms with Crippen molar-refractivity contribution >= 4 is 78.4 Å². The number of ketones is 4. The van der Waals surface area contributed by atoms with Crippen LogP contribution in [-0.2, 0) is 38.4 Å². The van der Waals surface area contributed by atoms with Gasteiger partial charge in [-0.3, -0.25) is 38.4 Å². The summed E-state index contributed by atoms with van der Waals surface area (Å²) in [6.45, 7) is 0. The fourth-order valence-electron chi connectivity index (χ4n) is 6.89. The molecule has 0 N–H and O–H groups in total. The first-order valence-corrected chi connectivity index (χ1v) is 20.5. The third kappa shape index (κ3) is 6.94. The van der Waals surface area contributed by atoms with E-state index in [1.165, 1.54) is 0 Å². The number of hydrogen-bond donors (Lipinski definition) is 0. The third-order valence-electron chi connectivity index (χ3n) is 9.65. The first-order valence-electron chi connectivity index (χ1n) is 17.7. The Morgan fingerprint density at radius 3 is 1.12 bits per heavy atom. The first kappa shape index (κ1) is 43.8. The lowest BCUT2D eigenvalue weighted by Gasteiger charge is -2.20. The molecule has 4 aromatic carbocycles. The number of benzene rings is 4. The SMILES string of the molecule is [N-]=[N+]=NC1=C(N=[N+]=[N-])c2c(cccc2S(=O)(=O)ON2C(=O)c3ccc(Oc4ccc5c(c4)C(=O)N(OS(=O)(=O)c4cccc6c4C(N=[N+]=[N-])=C(N=[N+]=[N-])C(=O)C6=O)C5=O)cc3C2=O)C(=O)C1=O. The van der Waals surface area contributed by atoms with E-state index in [4.69, 9.17) is 35.4 Å². The normalized spacial score (nSPS) is 15.3. The molecular weight excluding hydrogens is 933 g/mol. The van der Waals surface area contributed by atoms with E-state index < -0.39 is 144 Å². The van der Waals surface area contributed by atoms with Crippen LogP contribution in [0, 0.1) is 0 Å².